The van der Waals surface area contributed by atoms with Gasteiger partial charge < -0.3 is 15.0 Å². The third kappa shape index (κ3) is 2.48. The van der Waals surface area contributed by atoms with Crippen LogP contribution in [0.15, 0.2) is 12.1 Å². The van der Waals surface area contributed by atoms with Crippen molar-refractivity contribution >= 4 is 23.0 Å². The zero-order valence-electron chi connectivity index (χ0n) is 15.3. The molecular formula is C19H25N3O4. The van der Waals surface area contributed by atoms with Crippen LogP contribution in [-0.4, -0.2) is 36.6 Å². The van der Waals surface area contributed by atoms with Crippen LogP contribution < -0.4 is 10.2 Å². The van der Waals surface area contributed by atoms with Gasteiger partial charge in [-0.25, -0.2) is 0 Å². The topological polar surface area (TPSA) is 84.7 Å². The molecule has 1 amide bonds. The van der Waals surface area contributed by atoms with Gasteiger partial charge in [-0.05, 0) is 44.2 Å². The summed E-state index contributed by atoms with van der Waals surface area (Å²) in [6, 6.07) is 3.65. The fourth-order valence-corrected chi connectivity index (χ4v) is 4.95. The van der Waals surface area contributed by atoms with Crippen molar-refractivity contribution in [1.82, 2.24) is 0 Å². The van der Waals surface area contributed by atoms with Gasteiger partial charge in [0.25, 0.3) is 5.69 Å². The average molecular weight is 359 g/mol. The number of anilines is 2. The molecule has 1 aliphatic heterocycles. The molecule has 26 heavy (non-hydrogen) atoms. The van der Waals surface area contributed by atoms with Crippen molar-refractivity contribution < 1.29 is 14.5 Å². The zero-order chi connectivity index (χ0) is 18.5. The summed E-state index contributed by atoms with van der Waals surface area (Å²) < 4.78 is 5.92. The second kappa shape index (κ2) is 6.23. The van der Waals surface area contributed by atoms with E-state index in [1.807, 2.05) is 18.9 Å². The SMILES string of the molecule is CCO[C@H]1C[C@@H](N(C)c2cc3c(cc2[N+](=O)[O-])CCC(=O)N3)C12CCC2. The molecule has 0 unspecified atom stereocenters. The molecule has 1 aromatic rings. The minimum Gasteiger partial charge on any atom is -0.378 e. The largest absolute Gasteiger partial charge is 0.378 e. The Morgan fingerprint density at radius 2 is 2.15 bits per heavy atom. The van der Waals surface area contributed by atoms with Gasteiger partial charge in [-0.2, -0.15) is 0 Å². The minimum atomic E-state index is -0.311. The molecule has 2 aliphatic carbocycles. The van der Waals surface area contributed by atoms with E-state index in [2.05, 4.69) is 5.32 Å². The third-order valence-corrected chi connectivity index (χ3v) is 6.53. The molecule has 1 N–H and O–H groups in total. The van der Waals surface area contributed by atoms with Gasteiger partial charge in [0, 0.05) is 43.3 Å². The van der Waals surface area contributed by atoms with Crippen LogP contribution in [0.25, 0.3) is 0 Å². The summed E-state index contributed by atoms with van der Waals surface area (Å²) in [6.07, 6.45) is 5.49. The fourth-order valence-electron chi connectivity index (χ4n) is 4.95. The maximum atomic E-state index is 11.7. The molecule has 7 heteroatoms. The number of nitro groups is 1. The smallest absolute Gasteiger partial charge is 0.292 e. The second-order valence-electron chi connectivity index (χ2n) is 7.70. The number of amides is 1. The normalized spacial score (nSPS) is 25.7. The number of nitrogens with one attached hydrogen (secondary N) is 1. The molecule has 4 rings (SSSR count). The Morgan fingerprint density at radius 1 is 1.38 bits per heavy atom. The maximum absolute atomic E-state index is 11.7. The predicted octanol–water partition coefficient (Wildman–Crippen LogP) is 3.26. The number of carbonyl (C=O) groups is 1. The number of carbonyl (C=O) groups excluding carboxylic acids is 1. The molecule has 1 spiro atoms. The van der Waals surface area contributed by atoms with Crippen LogP contribution in [0.1, 0.15) is 44.6 Å². The number of ether oxygens (including phenoxy) is 1. The van der Waals surface area contributed by atoms with E-state index in [4.69, 9.17) is 4.74 Å². The Balaban J connectivity index is 1.67. The van der Waals surface area contributed by atoms with Crippen LogP contribution in [0.4, 0.5) is 17.1 Å². The molecule has 2 saturated carbocycles. The van der Waals surface area contributed by atoms with Crippen LogP contribution >= 0.6 is 0 Å². The molecule has 0 aromatic heterocycles. The number of nitrogens with zero attached hydrogens (tertiary/aromatic N) is 2. The van der Waals surface area contributed by atoms with Crippen molar-refractivity contribution in [2.24, 2.45) is 5.41 Å². The number of benzene rings is 1. The number of rotatable bonds is 5. The molecule has 0 radical (unpaired) electrons. The zero-order valence-corrected chi connectivity index (χ0v) is 15.3. The average Bonchev–Trinajstić information content (AvgIpc) is 2.55. The Kier molecular flexibility index (Phi) is 4.14. The van der Waals surface area contributed by atoms with Crippen LogP contribution in [0, 0.1) is 15.5 Å². The van der Waals surface area contributed by atoms with Crippen molar-refractivity contribution in [2.45, 2.75) is 57.6 Å². The third-order valence-electron chi connectivity index (χ3n) is 6.53. The number of hydrogen-bond donors (Lipinski definition) is 1. The van der Waals surface area contributed by atoms with Crippen LogP contribution in [-0.2, 0) is 16.0 Å². The van der Waals surface area contributed by atoms with Crippen LogP contribution in [0.3, 0.4) is 0 Å². The highest BCUT2D eigenvalue weighted by Crippen LogP contribution is 2.59. The van der Waals surface area contributed by atoms with E-state index in [1.165, 1.54) is 6.42 Å². The van der Waals surface area contributed by atoms with E-state index in [0.29, 0.717) is 30.8 Å². The van der Waals surface area contributed by atoms with Gasteiger partial charge in [0.1, 0.15) is 5.69 Å². The first-order valence-corrected chi connectivity index (χ1v) is 9.42. The van der Waals surface area contributed by atoms with E-state index >= 15 is 0 Å². The molecule has 0 saturated heterocycles. The van der Waals surface area contributed by atoms with Gasteiger partial charge in [-0.1, -0.05) is 6.42 Å². The summed E-state index contributed by atoms with van der Waals surface area (Å²) in [4.78, 5) is 25.1. The minimum absolute atomic E-state index is 0.0320. The molecule has 7 nitrogen and oxygen atoms in total. The van der Waals surface area contributed by atoms with E-state index in [9.17, 15) is 14.9 Å². The monoisotopic (exact) mass is 359 g/mol. The Labute approximate surface area is 152 Å². The van der Waals surface area contributed by atoms with Crippen LogP contribution in [0.5, 0.6) is 0 Å². The lowest BCUT2D eigenvalue weighted by Crippen LogP contribution is -2.67. The van der Waals surface area contributed by atoms with Crippen molar-refractivity contribution in [3.8, 4) is 0 Å². The molecule has 1 heterocycles. The van der Waals surface area contributed by atoms with E-state index in [1.54, 1.807) is 12.1 Å². The van der Waals surface area contributed by atoms with Gasteiger partial charge in [-0.3, -0.25) is 14.9 Å². The van der Waals surface area contributed by atoms with Gasteiger partial charge in [0.2, 0.25) is 5.91 Å². The van der Waals surface area contributed by atoms with E-state index in [0.717, 1.165) is 24.8 Å². The maximum Gasteiger partial charge on any atom is 0.292 e. The Bertz CT molecular complexity index is 759. The Hall–Kier alpha value is -2.15. The highest BCUT2D eigenvalue weighted by molar-refractivity contribution is 5.95. The van der Waals surface area contributed by atoms with Crippen molar-refractivity contribution in [2.75, 3.05) is 23.9 Å². The number of hydrogen-bond acceptors (Lipinski definition) is 5. The molecule has 1 aromatic carbocycles. The van der Waals surface area contributed by atoms with Gasteiger partial charge in [-0.15, -0.1) is 0 Å². The van der Waals surface area contributed by atoms with Crippen LogP contribution in [0.2, 0.25) is 0 Å². The van der Waals surface area contributed by atoms with Crippen molar-refractivity contribution in [1.29, 1.82) is 0 Å². The number of aryl methyl sites for hydroxylation is 1. The molecule has 140 valence electrons. The molecule has 3 aliphatic rings. The number of nitro benzene ring substituents is 1. The first-order valence-electron chi connectivity index (χ1n) is 9.42. The molecule has 2 fully saturated rings. The first-order chi connectivity index (χ1) is 12.5. The van der Waals surface area contributed by atoms with E-state index in [-0.39, 0.29) is 34.1 Å². The van der Waals surface area contributed by atoms with Crippen molar-refractivity contribution in [3.63, 3.8) is 0 Å². The van der Waals surface area contributed by atoms with Crippen molar-refractivity contribution in [3.05, 3.63) is 27.8 Å². The Morgan fingerprint density at radius 3 is 2.77 bits per heavy atom. The summed E-state index contributed by atoms with van der Waals surface area (Å²) in [7, 11) is 1.94. The highest BCUT2D eigenvalue weighted by Gasteiger charge is 2.60. The number of fused-ring (bicyclic) bond motifs is 1. The summed E-state index contributed by atoms with van der Waals surface area (Å²) in [5, 5.41) is 14.5. The summed E-state index contributed by atoms with van der Waals surface area (Å²) in [5.41, 5.74) is 2.38. The lowest BCUT2D eigenvalue weighted by Gasteiger charge is -2.63. The lowest BCUT2D eigenvalue weighted by atomic mass is 9.50. The molecular weight excluding hydrogens is 334 g/mol. The first kappa shape index (κ1) is 17.3. The second-order valence-corrected chi connectivity index (χ2v) is 7.70. The van der Waals surface area contributed by atoms with Gasteiger partial charge in [0.15, 0.2) is 0 Å². The predicted molar refractivity (Wildman–Crippen MR) is 98.6 cm³/mol. The highest BCUT2D eigenvalue weighted by atomic mass is 16.6. The fraction of sp³-hybridized carbons (Fsp3) is 0.632. The quantitative estimate of drug-likeness (QED) is 0.644. The molecule has 0 bridgehead atoms. The molecule has 2 atom stereocenters. The summed E-state index contributed by atoms with van der Waals surface area (Å²) in [6.45, 7) is 2.72. The standard InChI is InChI=1S/C19H25N3O4/c1-3-26-17-11-16(19(17)7-4-8-19)21(2)14-10-13-12(5-6-18(23)20-13)9-15(14)22(24)25/h9-10,16-17H,3-8,11H2,1-2H3,(H,20,23)/t16-,17+/m1/s1. The van der Waals surface area contributed by atoms with Gasteiger partial charge in [0.05, 0.1) is 11.0 Å². The van der Waals surface area contributed by atoms with Gasteiger partial charge >= 0.3 is 0 Å². The lowest BCUT2D eigenvalue weighted by molar-refractivity contribution is -0.384. The summed E-state index contributed by atoms with van der Waals surface area (Å²) >= 11 is 0. The summed E-state index contributed by atoms with van der Waals surface area (Å²) in [5.74, 6) is -0.0320. The van der Waals surface area contributed by atoms with E-state index < -0.39 is 0 Å².